The maximum absolute atomic E-state index is 15.1. The first kappa shape index (κ1) is 53.1. The molecule has 0 spiro atoms. The number of hydrogen-bond acceptors (Lipinski definition) is 11. The molecular formula is C47H61F2N5O11S. The number of carbonyl (C=O) groups excluding carboxylic acids is 5. The summed E-state index contributed by atoms with van der Waals surface area (Å²) in [5, 5.41) is 15.0. The topological polar surface area (TPSA) is 195 Å². The summed E-state index contributed by atoms with van der Waals surface area (Å²) >= 11 is 1.10. The second-order valence-electron chi connectivity index (χ2n) is 16.4. The molecule has 3 N–H and O–H groups in total. The molecule has 2 heterocycles. The van der Waals surface area contributed by atoms with Crippen molar-refractivity contribution in [2.45, 2.75) is 59.2 Å². The van der Waals surface area contributed by atoms with Crippen molar-refractivity contribution >= 4 is 47.3 Å². The first-order chi connectivity index (χ1) is 31.6. The minimum Gasteiger partial charge on any atom is -0.480 e. The number of hydrogen-bond donors (Lipinski definition) is 3. The van der Waals surface area contributed by atoms with E-state index in [0.29, 0.717) is 38.3 Å². The molecule has 0 fully saturated rings. The van der Waals surface area contributed by atoms with Crippen molar-refractivity contribution in [3.8, 4) is 11.1 Å². The van der Waals surface area contributed by atoms with Crippen LogP contribution in [0.4, 0.5) is 8.78 Å². The smallest absolute Gasteiger partial charge is 0.327 e. The fourth-order valence-electron chi connectivity index (χ4n) is 7.01. The maximum atomic E-state index is 15.1. The lowest BCUT2D eigenvalue weighted by Gasteiger charge is -2.41. The predicted molar refractivity (Wildman–Crippen MR) is 243 cm³/mol. The number of thioether (sulfide) groups is 1. The van der Waals surface area contributed by atoms with Crippen molar-refractivity contribution < 1.29 is 61.6 Å². The van der Waals surface area contributed by atoms with E-state index in [2.05, 4.69) is 10.6 Å². The second-order valence-corrected chi connectivity index (χ2v) is 17.4. The molecule has 66 heavy (non-hydrogen) atoms. The molecule has 0 radical (unpaired) electrons. The number of carboxylic acid groups (broad SMARTS) is 1. The predicted octanol–water partition coefficient (Wildman–Crippen LogP) is 4.61. The Hall–Kier alpha value is -5.47. The van der Waals surface area contributed by atoms with Crippen LogP contribution in [0.3, 0.4) is 0 Å². The van der Waals surface area contributed by atoms with Gasteiger partial charge in [-0.25, -0.2) is 13.6 Å². The minimum absolute atomic E-state index is 0.0346. The molecule has 1 aliphatic heterocycles. The molecule has 0 unspecified atom stereocenters. The van der Waals surface area contributed by atoms with Crippen molar-refractivity contribution in [1.82, 2.24) is 25.0 Å². The average molecular weight is 942 g/mol. The van der Waals surface area contributed by atoms with Crippen molar-refractivity contribution in [2.75, 3.05) is 84.0 Å². The van der Waals surface area contributed by atoms with E-state index in [9.17, 15) is 38.3 Å². The Morgan fingerprint density at radius 3 is 2.06 bits per heavy atom. The third-order valence-electron chi connectivity index (χ3n) is 10.1. The SMILES string of the molecule is CCCN(C(=O)CSC[C@H](NC(=O)CCOCCOCCOCCOCCNC(=O)CN1C(=O)C=CC1=O)C(=O)O)[C@@H](c1cc(-c2cc(F)ccc2F)cn1Cc1ccccc1)C(C)(C)C. The van der Waals surface area contributed by atoms with Gasteiger partial charge in [-0.1, -0.05) is 58.0 Å². The summed E-state index contributed by atoms with van der Waals surface area (Å²) in [5.74, 6) is -4.79. The van der Waals surface area contributed by atoms with Gasteiger partial charge in [0, 0.05) is 67.0 Å². The largest absolute Gasteiger partial charge is 0.480 e. The number of carbonyl (C=O) groups is 6. The minimum atomic E-state index is -1.25. The van der Waals surface area contributed by atoms with Crippen LogP contribution in [0.5, 0.6) is 0 Å². The number of nitrogens with zero attached hydrogens (tertiary/aromatic N) is 3. The third kappa shape index (κ3) is 17.4. The molecule has 1 aliphatic rings. The van der Waals surface area contributed by atoms with Crippen LogP contribution in [0.25, 0.3) is 11.1 Å². The Balaban J connectivity index is 1.16. The molecule has 0 bridgehead atoms. The van der Waals surface area contributed by atoms with Crippen molar-refractivity contribution in [2.24, 2.45) is 5.41 Å². The van der Waals surface area contributed by atoms with E-state index in [0.717, 1.165) is 58.3 Å². The summed E-state index contributed by atoms with van der Waals surface area (Å²) in [6.45, 7) is 10.5. The summed E-state index contributed by atoms with van der Waals surface area (Å²) in [7, 11) is 0. The Kier molecular flexibility index (Phi) is 21.9. The van der Waals surface area contributed by atoms with Crippen LogP contribution in [-0.4, -0.2) is 145 Å². The van der Waals surface area contributed by atoms with Crippen LogP contribution >= 0.6 is 11.8 Å². The molecule has 360 valence electrons. The number of nitrogens with one attached hydrogen (secondary N) is 2. The first-order valence-electron chi connectivity index (χ1n) is 21.8. The van der Waals surface area contributed by atoms with Crippen molar-refractivity contribution in [1.29, 1.82) is 0 Å². The Morgan fingerprint density at radius 2 is 1.45 bits per heavy atom. The number of amides is 5. The van der Waals surface area contributed by atoms with Gasteiger partial charge in [-0.05, 0) is 41.7 Å². The van der Waals surface area contributed by atoms with Gasteiger partial charge in [0.05, 0.1) is 64.6 Å². The van der Waals surface area contributed by atoms with E-state index >= 15 is 4.39 Å². The highest BCUT2D eigenvalue weighted by molar-refractivity contribution is 8.00. The number of benzene rings is 2. The van der Waals surface area contributed by atoms with Gasteiger partial charge in [0.2, 0.25) is 17.7 Å². The van der Waals surface area contributed by atoms with Gasteiger partial charge in [-0.15, -0.1) is 11.8 Å². The molecule has 1 aromatic heterocycles. The van der Waals surface area contributed by atoms with Gasteiger partial charge in [-0.3, -0.25) is 28.9 Å². The molecule has 2 atom stereocenters. The Bertz CT molecular complexity index is 2100. The lowest BCUT2D eigenvalue weighted by atomic mass is 9.83. The van der Waals surface area contributed by atoms with E-state index in [-0.39, 0.29) is 82.1 Å². The van der Waals surface area contributed by atoms with E-state index in [1.165, 1.54) is 0 Å². The first-order valence-corrected chi connectivity index (χ1v) is 22.9. The number of imide groups is 1. The number of carboxylic acids is 1. The fraction of sp³-hybridized carbons (Fsp3) is 0.489. The Morgan fingerprint density at radius 1 is 0.833 bits per heavy atom. The molecule has 0 aliphatic carbocycles. The maximum Gasteiger partial charge on any atom is 0.327 e. The summed E-state index contributed by atoms with van der Waals surface area (Å²) < 4.78 is 53.2. The zero-order valence-electron chi connectivity index (χ0n) is 37.9. The second kappa shape index (κ2) is 27.2. The van der Waals surface area contributed by atoms with Crippen molar-refractivity contribution in [3.05, 3.63) is 95.8 Å². The van der Waals surface area contributed by atoms with Gasteiger partial charge >= 0.3 is 5.97 Å². The van der Waals surface area contributed by atoms with E-state index in [1.807, 2.05) is 68.7 Å². The lowest BCUT2D eigenvalue weighted by Crippen LogP contribution is -2.45. The zero-order valence-corrected chi connectivity index (χ0v) is 38.7. The summed E-state index contributed by atoms with van der Waals surface area (Å²) in [4.78, 5) is 76.4. The van der Waals surface area contributed by atoms with Crippen LogP contribution in [0.15, 0.2) is 72.9 Å². The summed E-state index contributed by atoms with van der Waals surface area (Å²) in [5.41, 5.74) is 1.77. The van der Waals surface area contributed by atoms with E-state index < -0.39 is 58.7 Å². The van der Waals surface area contributed by atoms with Crippen LogP contribution in [-0.2, 0) is 54.3 Å². The highest BCUT2D eigenvalue weighted by Crippen LogP contribution is 2.41. The molecule has 4 rings (SSSR count). The molecule has 0 saturated carbocycles. The molecule has 5 amide bonds. The van der Waals surface area contributed by atoms with Crippen LogP contribution in [0, 0.1) is 17.0 Å². The van der Waals surface area contributed by atoms with Crippen molar-refractivity contribution in [3.63, 3.8) is 0 Å². The molecule has 16 nitrogen and oxygen atoms in total. The third-order valence-corrected chi connectivity index (χ3v) is 11.1. The van der Waals surface area contributed by atoms with Gasteiger partial charge < -0.3 is 44.2 Å². The van der Waals surface area contributed by atoms with Crippen LogP contribution < -0.4 is 10.6 Å². The van der Waals surface area contributed by atoms with Gasteiger partial charge in [0.25, 0.3) is 11.8 Å². The number of rotatable bonds is 30. The number of aromatic nitrogens is 1. The average Bonchev–Trinajstić information content (AvgIpc) is 3.82. The highest BCUT2D eigenvalue weighted by Gasteiger charge is 2.37. The monoisotopic (exact) mass is 941 g/mol. The fourth-order valence-corrected chi connectivity index (χ4v) is 7.93. The quantitative estimate of drug-likeness (QED) is 0.0622. The van der Waals surface area contributed by atoms with E-state index in [1.54, 1.807) is 11.1 Å². The van der Waals surface area contributed by atoms with Crippen LogP contribution in [0.1, 0.15) is 57.8 Å². The van der Waals surface area contributed by atoms with Crippen LogP contribution in [0.2, 0.25) is 0 Å². The van der Waals surface area contributed by atoms with Gasteiger partial charge in [0.1, 0.15) is 24.2 Å². The van der Waals surface area contributed by atoms with Gasteiger partial charge in [0.15, 0.2) is 0 Å². The summed E-state index contributed by atoms with van der Waals surface area (Å²) in [6.07, 6.45) is 4.55. The summed E-state index contributed by atoms with van der Waals surface area (Å²) in [6, 6.07) is 13.1. The van der Waals surface area contributed by atoms with Gasteiger partial charge in [-0.2, -0.15) is 0 Å². The molecule has 19 heteroatoms. The normalized spacial score (nSPS) is 13.5. The lowest BCUT2D eigenvalue weighted by molar-refractivity contribution is -0.141. The zero-order chi connectivity index (χ0) is 48.1. The molecule has 0 saturated heterocycles. The molecule has 3 aromatic rings. The molecule has 2 aromatic carbocycles. The highest BCUT2D eigenvalue weighted by atomic mass is 32.2. The van der Waals surface area contributed by atoms with E-state index in [4.69, 9.17) is 18.9 Å². The number of aliphatic carboxylic acids is 1. The number of halogens is 2. The Labute approximate surface area is 388 Å². The standard InChI is InChI=1S/C47H61F2N5O11S/c1-5-17-53(45(47(2,3)4)39-26-34(36-27-35(48)11-12-37(36)49)29-52(39)28-33-9-7-6-8-10-33)44(59)32-66-31-38(46(60)61)51-40(55)15-18-62-20-22-64-24-25-65-23-21-63-19-16-50-41(56)30-54-42(57)13-14-43(54)58/h6-14,26-27,29,38,45H,5,15-25,28,30-32H2,1-4H3,(H,50,56)(H,51,55)(H,60,61)/t38-,45-/m0/s1. The molecular weight excluding hydrogens is 881 g/mol. The number of ether oxygens (including phenoxy) is 4.